The van der Waals surface area contributed by atoms with Crippen LogP contribution in [-0.2, 0) is 9.59 Å². The minimum atomic E-state index is 0.0918. The SMILES string of the molecule is CC(=O)SCC1CC(=O)N(c2ccc(C)c(C)c2N)C1. The molecule has 1 unspecified atom stereocenters. The first-order valence-electron chi connectivity index (χ1n) is 6.69. The van der Waals surface area contributed by atoms with E-state index in [-0.39, 0.29) is 16.9 Å². The van der Waals surface area contributed by atoms with Crippen LogP contribution in [0.2, 0.25) is 0 Å². The molecule has 1 atom stereocenters. The van der Waals surface area contributed by atoms with Crippen LogP contribution in [0.5, 0.6) is 0 Å². The predicted molar refractivity (Wildman–Crippen MR) is 83.9 cm³/mol. The van der Waals surface area contributed by atoms with Gasteiger partial charge in [0.15, 0.2) is 5.12 Å². The van der Waals surface area contributed by atoms with Crippen LogP contribution in [0.1, 0.15) is 24.5 Å². The Hall–Kier alpha value is -1.49. The molecule has 1 fully saturated rings. The van der Waals surface area contributed by atoms with E-state index in [9.17, 15) is 9.59 Å². The smallest absolute Gasteiger partial charge is 0.227 e. The van der Waals surface area contributed by atoms with Gasteiger partial charge in [-0.25, -0.2) is 0 Å². The molecule has 1 aliphatic heterocycles. The first-order valence-corrected chi connectivity index (χ1v) is 7.68. The van der Waals surface area contributed by atoms with Gasteiger partial charge in [-0.2, -0.15) is 0 Å². The van der Waals surface area contributed by atoms with Crippen molar-refractivity contribution in [3.8, 4) is 0 Å². The van der Waals surface area contributed by atoms with E-state index in [4.69, 9.17) is 5.73 Å². The molecule has 0 saturated carbocycles. The Morgan fingerprint density at radius 2 is 2.15 bits per heavy atom. The fourth-order valence-electron chi connectivity index (χ4n) is 2.42. The maximum Gasteiger partial charge on any atom is 0.227 e. The maximum absolute atomic E-state index is 12.2. The van der Waals surface area contributed by atoms with Crippen LogP contribution < -0.4 is 10.6 Å². The van der Waals surface area contributed by atoms with Gasteiger partial charge in [-0.3, -0.25) is 9.59 Å². The molecule has 2 rings (SSSR count). The third kappa shape index (κ3) is 2.98. The Labute approximate surface area is 123 Å². The van der Waals surface area contributed by atoms with Gasteiger partial charge < -0.3 is 10.6 Å². The predicted octanol–water partition coefficient (Wildman–Crippen LogP) is 2.52. The Bertz CT molecular complexity index is 557. The van der Waals surface area contributed by atoms with Crippen molar-refractivity contribution in [1.82, 2.24) is 0 Å². The second-order valence-electron chi connectivity index (χ2n) is 5.32. The molecular formula is C15H20N2O2S. The molecule has 0 aromatic heterocycles. The normalized spacial score (nSPS) is 18.6. The standard InChI is InChI=1S/C15H20N2O2S/c1-9-4-5-13(15(16)10(9)2)17-7-12(6-14(17)19)8-20-11(3)18/h4-5,12H,6-8,16H2,1-3H3. The van der Waals surface area contributed by atoms with Crippen molar-refractivity contribution in [3.63, 3.8) is 0 Å². The fourth-order valence-corrected chi connectivity index (χ4v) is 3.11. The summed E-state index contributed by atoms with van der Waals surface area (Å²) in [7, 11) is 0. The molecule has 0 bridgehead atoms. The molecule has 1 aromatic carbocycles. The van der Waals surface area contributed by atoms with Crippen molar-refractivity contribution in [3.05, 3.63) is 23.3 Å². The quantitative estimate of drug-likeness (QED) is 0.870. The highest BCUT2D eigenvalue weighted by atomic mass is 32.2. The van der Waals surface area contributed by atoms with Crippen LogP contribution >= 0.6 is 11.8 Å². The highest BCUT2D eigenvalue weighted by molar-refractivity contribution is 8.13. The number of carbonyl (C=O) groups is 2. The van der Waals surface area contributed by atoms with E-state index in [1.165, 1.54) is 11.8 Å². The molecule has 4 nitrogen and oxygen atoms in total. The largest absolute Gasteiger partial charge is 0.397 e. The van der Waals surface area contributed by atoms with Gasteiger partial charge in [0.25, 0.3) is 0 Å². The van der Waals surface area contributed by atoms with Crippen molar-refractivity contribution in [2.75, 3.05) is 22.9 Å². The van der Waals surface area contributed by atoms with Gasteiger partial charge in [-0.15, -0.1) is 0 Å². The number of hydrogen-bond acceptors (Lipinski definition) is 4. The number of nitrogens with two attached hydrogens (primary N) is 1. The third-order valence-electron chi connectivity index (χ3n) is 3.78. The molecule has 1 aromatic rings. The Morgan fingerprint density at radius 1 is 1.45 bits per heavy atom. The van der Waals surface area contributed by atoms with Crippen LogP contribution in [0, 0.1) is 19.8 Å². The molecule has 1 saturated heterocycles. The Morgan fingerprint density at radius 3 is 2.80 bits per heavy atom. The molecule has 0 spiro atoms. The highest BCUT2D eigenvalue weighted by Gasteiger charge is 2.32. The minimum absolute atomic E-state index is 0.0918. The van der Waals surface area contributed by atoms with Crippen molar-refractivity contribution < 1.29 is 9.59 Å². The van der Waals surface area contributed by atoms with Crippen LogP contribution in [0.25, 0.3) is 0 Å². The average Bonchev–Trinajstić information content (AvgIpc) is 2.75. The number of anilines is 2. The fraction of sp³-hybridized carbons (Fsp3) is 0.467. The van der Waals surface area contributed by atoms with Gasteiger partial charge in [0, 0.05) is 25.6 Å². The van der Waals surface area contributed by atoms with E-state index in [0.717, 1.165) is 16.8 Å². The summed E-state index contributed by atoms with van der Waals surface area (Å²) in [6, 6.07) is 3.90. The summed E-state index contributed by atoms with van der Waals surface area (Å²) in [5.41, 5.74) is 9.77. The summed E-state index contributed by atoms with van der Waals surface area (Å²) >= 11 is 1.29. The van der Waals surface area contributed by atoms with Gasteiger partial charge in [0.2, 0.25) is 5.91 Å². The molecule has 20 heavy (non-hydrogen) atoms. The summed E-state index contributed by atoms with van der Waals surface area (Å²) in [5.74, 6) is 1.01. The second kappa shape index (κ2) is 5.87. The number of rotatable bonds is 3. The zero-order valence-corrected chi connectivity index (χ0v) is 12.9. The number of amides is 1. The molecule has 0 aliphatic carbocycles. The van der Waals surface area contributed by atoms with Gasteiger partial charge in [0.1, 0.15) is 0 Å². The number of thioether (sulfide) groups is 1. The van der Waals surface area contributed by atoms with E-state index in [1.807, 2.05) is 26.0 Å². The Balaban J connectivity index is 2.16. The second-order valence-corrected chi connectivity index (χ2v) is 6.51. The molecule has 5 heteroatoms. The summed E-state index contributed by atoms with van der Waals surface area (Å²) < 4.78 is 0. The van der Waals surface area contributed by atoms with Crippen LogP contribution in [0.3, 0.4) is 0 Å². The lowest BCUT2D eigenvalue weighted by atomic mass is 10.1. The molecule has 0 radical (unpaired) electrons. The zero-order chi connectivity index (χ0) is 14.9. The number of carbonyl (C=O) groups excluding carboxylic acids is 2. The van der Waals surface area contributed by atoms with Crippen molar-refractivity contribution in [1.29, 1.82) is 0 Å². The maximum atomic E-state index is 12.2. The molecule has 2 N–H and O–H groups in total. The van der Waals surface area contributed by atoms with Crippen LogP contribution in [-0.4, -0.2) is 23.3 Å². The topological polar surface area (TPSA) is 63.4 Å². The molecule has 1 aliphatic rings. The number of hydrogen-bond donors (Lipinski definition) is 1. The minimum Gasteiger partial charge on any atom is -0.397 e. The van der Waals surface area contributed by atoms with Gasteiger partial charge >= 0.3 is 0 Å². The van der Waals surface area contributed by atoms with Gasteiger partial charge in [-0.1, -0.05) is 17.8 Å². The molecule has 1 amide bonds. The number of nitrogens with zero attached hydrogens (tertiary/aromatic N) is 1. The first-order chi connectivity index (χ1) is 9.40. The highest BCUT2D eigenvalue weighted by Crippen LogP contribution is 2.33. The van der Waals surface area contributed by atoms with E-state index >= 15 is 0 Å². The number of aryl methyl sites for hydroxylation is 1. The van der Waals surface area contributed by atoms with E-state index in [0.29, 0.717) is 24.4 Å². The lowest BCUT2D eigenvalue weighted by Crippen LogP contribution is -2.26. The first kappa shape index (κ1) is 14.9. The van der Waals surface area contributed by atoms with E-state index in [1.54, 1.807) is 11.8 Å². The van der Waals surface area contributed by atoms with Crippen LogP contribution in [0.4, 0.5) is 11.4 Å². The molecule has 108 valence electrons. The van der Waals surface area contributed by atoms with E-state index in [2.05, 4.69) is 0 Å². The van der Waals surface area contributed by atoms with Gasteiger partial charge in [-0.05, 0) is 37.0 Å². The van der Waals surface area contributed by atoms with Gasteiger partial charge in [0.05, 0.1) is 11.4 Å². The summed E-state index contributed by atoms with van der Waals surface area (Å²) in [4.78, 5) is 24.9. The number of benzene rings is 1. The lowest BCUT2D eigenvalue weighted by molar-refractivity contribution is -0.117. The van der Waals surface area contributed by atoms with Crippen molar-refractivity contribution >= 4 is 34.2 Å². The average molecular weight is 292 g/mol. The third-order valence-corrected chi connectivity index (χ3v) is 4.83. The lowest BCUT2D eigenvalue weighted by Gasteiger charge is -2.20. The zero-order valence-electron chi connectivity index (χ0n) is 12.1. The number of nitrogen functional groups attached to an aromatic ring is 1. The van der Waals surface area contributed by atoms with Crippen molar-refractivity contribution in [2.45, 2.75) is 27.2 Å². The molecular weight excluding hydrogens is 272 g/mol. The molecule has 1 heterocycles. The monoisotopic (exact) mass is 292 g/mol. The summed E-state index contributed by atoms with van der Waals surface area (Å²) in [5, 5.41) is 0.0987. The summed E-state index contributed by atoms with van der Waals surface area (Å²) in [6.07, 6.45) is 0.493. The van der Waals surface area contributed by atoms with Crippen LogP contribution in [0.15, 0.2) is 12.1 Å². The summed E-state index contributed by atoms with van der Waals surface area (Å²) in [6.45, 7) is 6.18. The Kier molecular flexibility index (Phi) is 4.38. The van der Waals surface area contributed by atoms with E-state index < -0.39 is 0 Å². The van der Waals surface area contributed by atoms with Crippen molar-refractivity contribution in [2.24, 2.45) is 5.92 Å².